The second kappa shape index (κ2) is 5.57. The third kappa shape index (κ3) is 2.49. The Morgan fingerprint density at radius 3 is 2.74 bits per heavy atom. The van der Waals surface area contributed by atoms with Gasteiger partial charge in [-0.25, -0.2) is 0 Å². The van der Waals surface area contributed by atoms with Gasteiger partial charge in [0, 0.05) is 4.88 Å². The number of benzene rings is 1. The molecule has 1 aromatic carbocycles. The Bertz CT molecular complexity index is 751. The maximum atomic E-state index is 12.6. The zero-order chi connectivity index (χ0) is 16.0. The van der Waals surface area contributed by atoms with E-state index in [4.69, 9.17) is 4.74 Å². The standard InChI is InChI=1S/C18H20N2O2S/c1-10-3-8-13-14(9-10)23-18-15(13)17(21)19-16(20-18)11-4-6-12(22-2)7-5-11/h4-7,10,16,20H,3,8-9H2,1-2H3,(H,19,21). The van der Waals surface area contributed by atoms with E-state index in [2.05, 4.69) is 17.6 Å². The van der Waals surface area contributed by atoms with Crippen LogP contribution in [0.5, 0.6) is 5.75 Å². The monoisotopic (exact) mass is 328 g/mol. The first-order chi connectivity index (χ1) is 11.2. The van der Waals surface area contributed by atoms with Crippen molar-refractivity contribution in [3.63, 3.8) is 0 Å². The number of rotatable bonds is 2. The number of hydrogen-bond acceptors (Lipinski definition) is 4. The summed E-state index contributed by atoms with van der Waals surface area (Å²) in [6.45, 7) is 2.29. The number of carbonyl (C=O) groups excluding carboxylic acids is 1. The highest BCUT2D eigenvalue weighted by Crippen LogP contribution is 2.42. The molecule has 0 spiro atoms. The van der Waals surface area contributed by atoms with Crippen LogP contribution in [0.25, 0.3) is 0 Å². The minimum atomic E-state index is -0.182. The summed E-state index contributed by atoms with van der Waals surface area (Å²) in [6.07, 6.45) is 3.10. The van der Waals surface area contributed by atoms with Gasteiger partial charge in [0.2, 0.25) is 0 Å². The van der Waals surface area contributed by atoms with Crippen LogP contribution in [-0.4, -0.2) is 13.0 Å². The lowest BCUT2D eigenvalue weighted by molar-refractivity contribution is 0.0935. The highest BCUT2D eigenvalue weighted by atomic mass is 32.1. The van der Waals surface area contributed by atoms with Gasteiger partial charge in [-0.2, -0.15) is 0 Å². The SMILES string of the molecule is COc1ccc(C2NC(=O)c3c(sc4c3CCC(C)C4)N2)cc1. The second-order valence-electron chi connectivity index (χ2n) is 6.38. The number of anilines is 1. The topological polar surface area (TPSA) is 50.4 Å². The predicted octanol–water partition coefficient (Wildman–Crippen LogP) is 3.74. The summed E-state index contributed by atoms with van der Waals surface area (Å²) in [5, 5.41) is 7.61. The molecule has 2 aliphatic rings. The van der Waals surface area contributed by atoms with Crippen LogP contribution in [-0.2, 0) is 12.8 Å². The van der Waals surface area contributed by atoms with Gasteiger partial charge in [-0.05, 0) is 48.4 Å². The van der Waals surface area contributed by atoms with Gasteiger partial charge >= 0.3 is 0 Å². The lowest BCUT2D eigenvalue weighted by atomic mass is 9.88. The van der Waals surface area contributed by atoms with E-state index in [1.165, 1.54) is 16.9 Å². The van der Waals surface area contributed by atoms with Crippen molar-refractivity contribution in [2.24, 2.45) is 5.92 Å². The van der Waals surface area contributed by atoms with Crippen LogP contribution >= 0.6 is 11.3 Å². The van der Waals surface area contributed by atoms with E-state index in [0.717, 1.165) is 34.7 Å². The molecule has 2 heterocycles. The second-order valence-corrected chi connectivity index (χ2v) is 7.49. The Morgan fingerprint density at radius 2 is 2.00 bits per heavy atom. The first-order valence-electron chi connectivity index (χ1n) is 8.01. The van der Waals surface area contributed by atoms with Crippen molar-refractivity contribution in [1.82, 2.24) is 5.32 Å². The largest absolute Gasteiger partial charge is 0.497 e. The number of carbonyl (C=O) groups is 1. The van der Waals surface area contributed by atoms with E-state index in [-0.39, 0.29) is 12.1 Å². The number of amides is 1. The molecule has 23 heavy (non-hydrogen) atoms. The lowest BCUT2D eigenvalue weighted by Crippen LogP contribution is -2.38. The molecule has 4 rings (SSSR count). The van der Waals surface area contributed by atoms with Gasteiger partial charge in [-0.3, -0.25) is 4.79 Å². The van der Waals surface area contributed by atoms with Crippen LogP contribution in [0.1, 0.15) is 45.9 Å². The lowest BCUT2D eigenvalue weighted by Gasteiger charge is -2.27. The predicted molar refractivity (Wildman–Crippen MR) is 92.3 cm³/mol. The van der Waals surface area contributed by atoms with E-state index in [9.17, 15) is 4.79 Å². The van der Waals surface area contributed by atoms with Gasteiger partial charge in [0.05, 0.1) is 12.7 Å². The van der Waals surface area contributed by atoms with Crippen LogP contribution in [0.3, 0.4) is 0 Å². The Balaban J connectivity index is 1.65. The third-order valence-electron chi connectivity index (χ3n) is 4.74. The molecular formula is C18H20N2O2S. The van der Waals surface area contributed by atoms with Crippen molar-refractivity contribution in [2.75, 3.05) is 12.4 Å². The van der Waals surface area contributed by atoms with Gasteiger partial charge in [-0.1, -0.05) is 19.1 Å². The number of hydrogen-bond donors (Lipinski definition) is 2. The van der Waals surface area contributed by atoms with Gasteiger partial charge in [0.15, 0.2) is 0 Å². The van der Waals surface area contributed by atoms with Gasteiger partial charge < -0.3 is 15.4 Å². The number of methoxy groups -OCH3 is 1. The fraction of sp³-hybridized carbons (Fsp3) is 0.389. The van der Waals surface area contributed by atoms with Crippen LogP contribution in [0.2, 0.25) is 0 Å². The molecule has 0 radical (unpaired) electrons. The molecule has 1 aromatic heterocycles. The minimum Gasteiger partial charge on any atom is -0.497 e. The zero-order valence-corrected chi connectivity index (χ0v) is 14.1. The molecule has 1 aliphatic heterocycles. The Kier molecular flexibility index (Phi) is 3.53. The summed E-state index contributed by atoms with van der Waals surface area (Å²) in [5.41, 5.74) is 3.17. The van der Waals surface area contributed by atoms with Gasteiger partial charge in [0.1, 0.15) is 16.9 Å². The van der Waals surface area contributed by atoms with Crippen molar-refractivity contribution >= 4 is 22.2 Å². The molecule has 2 aromatic rings. The van der Waals surface area contributed by atoms with E-state index in [1.54, 1.807) is 18.4 Å². The summed E-state index contributed by atoms with van der Waals surface area (Å²) in [5.74, 6) is 1.58. The fourth-order valence-electron chi connectivity index (χ4n) is 3.43. The van der Waals surface area contributed by atoms with E-state index < -0.39 is 0 Å². The van der Waals surface area contributed by atoms with E-state index in [0.29, 0.717) is 5.92 Å². The molecule has 2 atom stereocenters. The van der Waals surface area contributed by atoms with Crippen molar-refractivity contribution in [1.29, 1.82) is 0 Å². The summed E-state index contributed by atoms with van der Waals surface area (Å²) < 4.78 is 5.19. The summed E-state index contributed by atoms with van der Waals surface area (Å²) >= 11 is 1.75. The number of nitrogens with one attached hydrogen (secondary N) is 2. The summed E-state index contributed by atoms with van der Waals surface area (Å²) in [6, 6.07) is 7.80. The molecule has 2 N–H and O–H groups in total. The van der Waals surface area contributed by atoms with E-state index >= 15 is 0 Å². The van der Waals surface area contributed by atoms with Crippen LogP contribution in [0, 0.1) is 5.92 Å². The summed E-state index contributed by atoms with van der Waals surface area (Å²) in [4.78, 5) is 14.0. The molecule has 1 amide bonds. The van der Waals surface area contributed by atoms with Crippen LogP contribution in [0.15, 0.2) is 24.3 Å². The first-order valence-corrected chi connectivity index (χ1v) is 8.83. The van der Waals surface area contributed by atoms with Crippen LogP contribution in [0.4, 0.5) is 5.00 Å². The Morgan fingerprint density at radius 1 is 1.22 bits per heavy atom. The fourth-order valence-corrected chi connectivity index (χ4v) is 4.86. The molecular weight excluding hydrogens is 308 g/mol. The molecule has 5 heteroatoms. The average Bonchev–Trinajstić information content (AvgIpc) is 2.92. The quantitative estimate of drug-likeness (QED) is 0.883. The molecule has 0 bridgehead atoms. The molecule has 2 unspecified atom stereocenters. The Labute approximate surface area is 139 Å². The van der Waals surface area contributed by atoms with Gasteiger partial charge in [-0.15, -0.1) is 11.3 Å². The van der Waals surface area contributed by atoms with Crippen molar-refractivity contribution in [3.05, 3.63) is 45.8 Å². The maximum absolute atomic E-state index is 12.6. The average molecular weight is 328 g/mol. The zero-order valence-electron chi connectivity index (χ0n) is 13.3. The molecule has 1 aliphatic carbocycles. The maximum Gasteiger partial charge on any atom is 0.256 e. The number of fused-ring (bicyclic) bond motifs is 3. The molecule has 4 nitrogen and oxygen atoms in total. The third-order valence-corrected chi connectivity index (χ3v) is 5.92. The number of ether oxygens (including phenoxy) is 1. The van der Waals surface area contributed by atoms with Gasteiger partial charge in [0.25, 0.3) is 5.91 Å². The first kappa shape index (κ1) is 14.6. The molecule has 0 fully saturated rings. The smallest absolute Gasteiger partial charge is 0.256 e. The van der Waals surface area contributed by atoms with E-state index in [1.807, 2.05) is 24.3 Å². The number of thiophene rings is 1. The van der Waals surface area contributed by atoms with Crippen molar-refractivity contribution < 1.29 is 9.53 Å². The Hall–Kier alpha value is -2.01. The van der Waals surface area contributed by atoms with Crippen molar-refractivity contribution in [2.45, 2.75) is 32.4 Å². The summed E-state index contributed by atoms with van der Waals surface area (Å²) in [7, 11) is 1.65. The highest BCUT2D eigenvalue weighted by molar-refractivity contribution is 7.16. The molecule has 0 saturated heterocycles. The minimum absolute atomic E-state index is 0.0478. The highest BCUT2D eigenvalue weighted by Gasteiger charge is 2.32. The normalized spacial score (nSPS) is 22.6. The van der Waals surface area contributed by atoms with Crippen LogP contribution < -0.4 is 15.4 Å². The molecule has 120 valence electrons. The molecule has 0 saturated carbocycles. The van der Waals surface area contributed by atoms with Crippen molar-refractivity contribution in [3.8, 4) is 5.75 Å².